The van der Waals surface area contributed by atoms with Crippen LogP contribution >= 0.6 is 0 Å². The Balaban J connectivity index is 1.82. The molecule has 0 N–H and O–H groups in total. The Kier molecular flexibility index (Phi) is 6.99. The lowest BCUT2D eigenvalue weighted by Crippen LogP contribution is -2.10. The quantitative estimate of drug-likeness (QED) is 0.217. The van der Waals surface area contributed by atoms with Crippen LogP contribution in [0.2, 0.25) is 0 Å². The molecule has 1 heterocycles. The van der Waals surface area contributed by atoms with Crippen LogP contribution in [0.4, 0.5) is 5.69 Å². The average Bonchev–Trinajstić information content (AvgIpc) is 3.25. The molecule has 0 saturated heterocycles. The van der Waals surface area contributed by atoms with E-state index in [2.05, 4.69) is 5.10 Å². The molecule has 1 atom stereocenters. The Bertz CT molecular complexity index is 1120. The van der Waals surface area contributed by atoms with Crippen molar-refractivity contribution in [3.8, 4) is 11.4 Å². The SMILES string of the molecule is CCOC(=O)c1cc(C(C)CC)n(-c2ccc(C(=O)Oc3ccc([N+](=O)[O-])cc3)cc2)n1. The van der Waals surface area contributed by atoms with Crippen molar-refractivity contribution in [2.24, 2.45) is 0 Å². The zero-order chi connectivity index (χ0) is 23.3. The normalized spacial score (nSPS) is 11.6. The third-order valence-electron chi connectivity index (χ3n) is 4.94. The number of nitrogens with zero attached hydrogens (tertiary/aromatic N) is 3. The fraction of sp³-hybridized carbons (Fsp3) is 0.261. The number of nitro benzene ring substituents is 1. The van der Waals surface area contributed by atoms with Gasteiger partial charge in [0, 0.05) is 17.8 Å². The topological polar surface area (TPSA) is 114 Å². The summed E-state index contributed by atoms with van der Waals surface area (Å²) in [5, 5.41) is 15.1. The van der Waals surface area contributed by atoms with Crippen LogP contribution in [0.5, 0.6) is 5.75 Å². The number of carbonyl (C=O) groups is 2. The summed E-state index contributed by atoms with van der Waals surface area (Å²) < 4.78 is 12.0. The Hall–Kier alpha value is -4.01. The number of hydrogen-bond acceptors (Lipinski definition) is 7. The number of hydrogen-bond donors (Lipinski definition) is 0. The first-order valence-corrected chi connectivity index (χ1v) is 10.2. The fourth-order valence-corrected chi connectivity index (χ4v) is 3.01. The molecule has 166 valence electrons. The van der Waals surface area contributed by atoms with Gasteiger partial charge in [0.2, 0.25) is 0 Å². The number of nitro groups is 1. The Morgan fingerprint density at radius 1 is 1.06 bits per heavy atom. The van der Waals surface area contributed by atoms with Crippen molar-refractivity contribution in [3.05, 3.63) is 81.7 Å². The average molecular weight is 437 g/mol. The maximum absolute atomic E-state index is 12.4. The van der Waals surface area contributed by atoms with E-state index >= 15 is 0 Å². The predicted octanol–water partition coefficient (Wildman–Crippen LogP) is 4.69. The van der Waals surface area contributed by atoms with Crippen molar-refractivity contribution in [3.63, 3.8) is 0 Å². The van der Waals surface area contributed by atoms with Gasteiger partial charge in [-0.05, 0) is 61.7 Å². The monoisotopic (exact) mass is 437 g/mol. The zero-order valence-corrected chi connectivity index (χ0v) is 18.0. The molecule has 9 heteroatoms. The van der Waals surface area contributed by atoms with Gasteiger partial charge in [-0.15, -0.1) is 0 Å². The number of ether oxygens (including phenoxy) is 2. The lowest BCUT2D eigenvalue weighted by Gasteiger charge is -2.12. The van der Waals surface area contributed by atoms with Gasteiger partial charge in [0.15, 0.2) is 5.69 Å². The third kappa shape index (κ3) is 5.00. The van der Waals surface area contributed by atoms with Crippen LogP contribution < -0.4 is 4.74 Å². The summed E-state index contributed by atoms with van der Waals surface area (Å²) in [6.45, 7) is 6.08. The maximum atomic E-state index is 12.4. The van der Waals surface area contributed by atoms with Crippen LogP contribution in [-0.2, 0) is 4.74 Å². The van der Waals surface area contributed by atoms with E-state index in [1.807, 2.05) is 13.8 Å². The summed E-state index contributed by atoms with van der Waals surface area (Å²) in [6, 6.07) is 13.6. The largest absolute Gasteiger partial charge is 0.461 e. The van der Waals surface area contributed by atoms with Gasteiger partial charge in [-0.3, -0.25) is 10.1 Å². The van der Waals surface area contributed by atoms with Crippen molar-refractivity contribution < 1.29 is 24.0 Å². The molecule has 0 aliphatic heterocycles. The lowest BCUT2D eigenvalue weighted by molar-refractivity contribution is -0.384. The molecule has 0 bridgehead atoms. The third-order valence-corrected chi connectivity index (χ3v) is 4.94. The highest BCUT2D eigenvalue weighted by molar-refractivity contribution is 5.91. The van der Waals surface area contributed by atoms with Gasteiger partial charge in [0.25, 0.3) is 5.69 Å². The van der Waals surface area contributed by atoms with Crippen LogP contribution in [0.3, 0.4) is 0 Å². The van der Waals surface area contributed by atoms with Gasteiger partial charge >= 0.3 is 11.9 Å². The van der Waals surface area contributed by atoms with Gasteiger partial charge in [-0.2, -0.15) is 5.10 Å². The molecule has 0 aliphatic rings. The molecule has 0 spiro atoms. The van der Waals surface area contributed by atoms with Crippen LogP contribution in [0, 0.1) is 10.1 Å². The summed E-state index contributed by atoms with van der Waals surface area (Å²) in [5.74, 6) is -0.730. The van der Waals surface area contributed by atoms with E-state index in [1.54, 1.807) is 41.9 Å². The van der Waals surface area contributed by atoms with Crippen LogP contribution in [0.25, 0.3) is 5.69 Å². The smallest absolute Gasteiger partial charge is 0.358 e. The molecule has 1 unspecified atom stereocenters. The number of aromatic nitrogens is 2. The van der Waals surface area contributed by atoms with Gasteiger partial charge in [-0.25, -0.2) is 14.3 Å². The summed E-state index contributed by atoms with van der Waals surface area (Å²) in [6.07, 6.45) is 0.855. The predicted molar refractivity (Wildman–Crippen MR) is 116 cm³/mol. The summed E-state index contributed by atoms with van der Waals surface area (Å²) in [7, 11) is 0. The molecular weight excluding hydrogens is 414 g/mol. The van der Waals surface area contributed by atoms with E-state index in [4.69, 9.17) is 9.47 Å². The van der Waals surface area contributed by atoms with Gasteiger partial charge in [-0.1, -0.05) is 13.8 Å². The first kappa shape index (κ1) is 22.7. The minimum Gasteiger partial charge on any atom is -0.461 e. The molecular formula is C23H23N3O6. The minimum atomic E-state index is -0.597. The summed E-state index contributed by atoms with van der Waals surface area (Å²) in [4.78, 5) is 34.8. The summed E-state index contributed by atoms with van der Waals surface area (Å²) >= 11 is 0. The molecule has 0 amide bonds. The standard InChI is InChI=1S/C23H23N3O6/c1-4-15(3)21-14-20(23(28)31-5-2)24-25(21)17-8-6-16(7-9-17)22(27)32-19-12-10-18(11-13-19)26(29)30/h6-15H,4-5H2,1-3H3. The number of carbonyl (C=O) groups excluding carboxylic acids is 2. The van der Waals surface area contributed by atoms with E-state index in [9.17, 15) is 19.7 Å². The lowest BCUT2D eigenvalue weighted by atomic mass is 10.0. The molecule has 0 fully saturated rings. The fourth-order valence-electron chi connectivity index (χ4n) is 3.01. The highest BCUT2D eigenvalue weighted by atomic mass is 16.6. The highest BCUT2D eigenvalue weighted by Crippen LogP contribution is 2.24. The van der Waals surface area contributed by atoms with E-state index < -0.39 is 16.9 Å². The number of non-ortho nitro benzene ring substituents is 1. The van der Waals surface area contributed by atoms with Crippen LogP contribution in [0.15, 0.2) is 54.6 Å². The molecule has 0 aliphatic carbocycles. The second-order valence-corrected chi connectivity index (χ2v) is 7.08. The van der Waals surface area contributed by atoms with Crippen molar-refractivity contribution in [1.82, 2.24) is 9.78 Å². The highest BCUT2D eigenvalue weighted by Gasteiger charge is 2.20. The molecule has 2 aromatic carbocycles. The molecule has 9 nitrogen and oxygen atoms in total. The Morgan fingerprint density at radius 3 is 2.28 bits per heavy atom. The van der Waals surface area contributed by atoms with Crippen molar-refractivity contribution in [2.45, 2.75) is 33.1 Å². The van der Waals surface area contributed by atoms with Gasteiger partial charge in [0.1, 0.15) is 5.75 Å². The number of benzene rings is 2. The molecule has 3 rings (SSSR count). The number of esters is 2. The maximum Gasteiger partial charge on any atom is 0.358 e. The zero-order valence-electron chi connectivity index (χ0n) is 18.0. The van der Waals surface area contributed by atoms with Gasteiger partial charge in [0.05, 0.1) is 22.8 Å². The van der Waals surface area contributed by atoms with Crippen molar-refractivity contribution in [2.75, 3.05) is 6.61 Å². The molecule has 3 aromatic rings. The second kappa shape index (κ2) is 9.86. The van der Waals surface area contributed by atoms with E-state index in [0.717, 1.165) is 12.1 Å². The second-order valence-electron chi connectivity index (χ2n) is 7.08. The molecule has 1 aromatic heterocycles. The van der Waals surface area contributed by atoms with Crippen molar-refractivity contribution in [1.29, 1.82) is 0 Å². The van der Waals surface area contributed by atoms with E-state index in [0.29, 0.717) is 11.3 Å². The first-order valence-electron chi connectivity index (χ1n) is 10.2. The molecule has 32 heavy (non-hydrogen) atoms. The Labute approximate surface area is 184 Å². The Morgan fingerprint density at radius 2 is 1.72 bits per heavy atom. The number of rotatable bonds is 8. The van der Waals surface area contributed by atoms with E-state index in [1.165, 1.54) is 24.3 Å². The van der Waals surface area contributed by atoms with Crippen LogP contribution in [-0.4, -0.2) is 33.2 Å². The van der Waals surface area contributed by atoms with Crippen molar-refractivity contribution >= 4 is 17.6 Å². The molecule has 0 radical (unpaired) electrons. The van der Waals surface area contributed by atoms with Gasteiger partial charge < -0.3 is 9.47 Å². The minimum absolute atomic E-state index is 0.0901. The van der Waals surface area contributed by atoms with Crippen LogP contribution in [0.1, 0.15) is 59.7 Å². The summed E-state index contributed by atoms with van der Waals surface area (Å²) in [5.41, 5.74) is 1.98. The van der Waals surface area contributed by atoms with E-state index in [-0.39, 0.29) is 29.7 Å². The first-order chi connectivity index (χ1) is 15.3. The molecule has 0 saturated carbocycles.